The molecule has 6 aromatic rings. The molecule has 10 nitrogen and oxygen atoms in total. The third-order valence-corrected chi connectivity index (χ3v) is 6.66. The number of hydrogen-bond acceptors (Lipinski definition) is 6. The van der Waals surface area contributed by atoms with Crippen molar-refractivity contribution in [3.63, 3.8) is 0 Å². The molecule has 200 valence electrons. The third-order valence-electron chi connectivity index (χ3n) is 6.66. The van der Waals surface area contributed by atoms with Crippen molar-refractivity contribution in [3.05, 3.63) is 134 Å². The van der Waals surface area contributed by atoms with Gasteiger partial charge in [-0.3, -0.25) is 19.0 Å². The van der Waals surface area contributed by atoms with Gasteiger partial charge in [-0.1, -0.05) is 42.2 Å². The lowest BCUT2D eigenvalue weighted by molar-refractivity contribution is 0.0941. The summed E-state index contributed by atoms with van der Waals surface area (Å²) in [5.41, 5.74) is 8.40. The maximum absolute atomic E-state index is 14.2. The largest absolute Gasteiger partial charge is 0.381 e. The van der Waals surface area contributed by atoms with Gasteiger partial charge in [-0.05, 0) is 48.7 Å². The fourth-order valence-electron chi connectivity index (χ4n) is 4.74. The van der Waals surface area contributed by atoms with E-state index in [1.54, 1.807) is 42.1 Å². The van der Waals surface area contributed by atoms with Crippen molar-refractivity contribution < 1.29 is 4.79 Å². The second kappa shape index (κ2) is 10.3. The molecule has 0 saturated carbocycles. The van der Waals surface area contributed by atoms with Crippen LogP contribution in [-0.2, 0) is 0 Å². The van der Waals surface area contributed by atoms with Gasteiger partial charge in [-0.25, -0.2) is 9.50 Å². The second-order valence-corrected chi connectivity index (χ2v) is 9.35. The number of pyridine rings is 2. The Morgan fingerprint density at radius 3 is 2.63 bits per heavy atom. The standard InChI is InChI=1S/C31H23N7O3/c1-19(35-30(40)27-28(32)36-37-16-6-15-33-29(27)37)24-17-22-8-5-7-21(13-11-20-12-14-25(39)34-18-20)26(22)31(41)38(24)23-9-3-2-4-10-23/h2-10,12,14-19H,1H3,(H2,32,36)(H,34,39)(H,35,40)/t19-/m1/s1. The van der Waals surface area contributed by atoms with E-state index in [0.29, 0.717) is 38.9 Å². The van der Waals surface area contributed by atoms with Crippen LogP contribution in [0.3, 0.4) is 0 Å². The highest BCUT2D eigenvalue weighted by molar-refractivity contribution is 6.04. The molecule has 1 atom stereocenters. The van der Waals surface area contributed by atoms with Crippen LogP contribution in [0.25, 0.3) is 22.1 Å². The molecule has 1 amide bonds. The van der Waals surface area contributed by atoms with Crippen molar-refractivity contribution in [2.75, 3.05) is 5.73 Å². The van der Waals surface area contributed by atoms with Crippen molar-refractivity contribution in [1.29, 1.82) is 0 Å². The summed E-state index contributed by atoms with van der Waals surface area (Å²) in [5, 5.41) is 8.25. The van der Waals surface area contributed by atoms with Gasteiger partial charge < -0.3 is 16.0 Å². The summed E-state index contributed by atoms with van der Waals surface area (Å²) < 4.78 is 3.02. The topological polar surface area (TPSA) is 140 Å². The summed E-state index contributed by atoms with van der Waals surface area (Å²) in [6.45, 7) is 1.80. The van der Waals surface area contributed by atoms with E-state index in [0.717, 1.165) is 0 Å². The second-order valence-electron chi connectivity index (χ2n) is 9.35. The smallest absolute Gasteiger partial charge is 0.264 e. The van der Waals surface area contributed by atoms with Crippen molar-refractivity contribution in [2.24, 2.45) is 0 Å². The number of anilines is 1. The van der Waals surface area contributed by atoms with Crippen LogP contribution in [0.2, 0.25) is 0 Å². The minimum Gasteiger partial charge on any atom is -0.381 e. The molecule has 6 rings (SSSR count). The van der Waals surface area contributed by atoms with E-state index in [-0.39, 0.29) is 22.5 Å². The highest BCUT2D eigenvalue weighted by Gasteiger charge is 2.23. The fraction of sp³-hybridized carbons (Fsp3) is 0.0645. The molecular weight excluding hydrogens is 518 g/mol. The Bertz CT molecular complexity index is 2110. The average molecular weight is 542 g/mol. The number of benzene rings is 2. The minimum absolute atomic E-state index is 0.0538. The molecule has 0 bridgehead atoms. The summed E-state index contributed by atoms with van der Waals surface area (Å²) in [6, 6.07) is 20.6. The molecule has 4 N–H and O–H groups in total. The van der Waals surface area contributed by atoms with Crippen LogP contribution >= 0.6 is 0 Å². The van der Waals surface area contributed by atoms with Crippen LogP contribution in [0.1, 0.15) is 40.1 Å². The Kier molecular flexibility index (Phi) is 6.37. The van der Waals surface area contributed by atoms with Gasteiger partial charge in [-0.15, -0.1) is 5.10 Å². The van der Waals surface area contributed by atoms with Gasteiger partial charge in [0.1, 0.15) is 5.56 Å². The molecule has 0 spiro atoms. The first-order valence-corrected chi connectivity index (χ1v) is 12.8. The van der Waals surface area contributed by atoms with E-state index >= 15 is 0 Å². The van der Waals surface area contributed by atoms with Crippen LogP contribution in [0, 0.1) is 11.8 Å². The minimum atomic E-state index is -0.603. The first kappa shape index (κ1) is 25.3. The van der Waals surface area contributed by atoms with Gasteiger partial charge in [0.05, 0.1) is 11.4 Å². The zero-order chi connectivity index (χ0) is 28.5. The van der Waals surface area contributed by atoms with Crippen molar-refractivity contribution in [1.82, 2.24) is 29.5 Å². The van der Waals surface area contributed by atoms with E-state index in [9.17, 15) is 14.4 Å². The van der Waals surface area contributed by atoms with Gasteiger partial charge in [0.15, 0.2) is 11.5 Å². The van der Waals surface area contributed by atoms with Crippen LogP contribution < -0.4 is 22.2 Å². The molecule has 2 aromatic carbocycles. The number of nitrogens with zero attached hydrogens (tertiary/aromatic N) is 4. The van der Waals surface area contributed by atoms with E-state index in [1.807, 2.05) is 48.5 Å². The molecule has 0 saturated heterocycles. The molecule has 0 aliphatic carbocycles. The Morgan fingerprint density at radius 2 is 1.85 bits per heavy atom. The number of para-hydroxylation sites is 1. The first-order valence-electron chi connectivity index (χ1n) is 12.8. The molecule has 4 heterocycles. The zero-order valence-electron chi connectivity index (χ0n) is 21.8. The predicted octanol–water partition coefficient (Wildman–Crippen LogP) is 3.19. The highest BCUT2D eigenvalue weighted by Crippen LogP contribution is 2.24. The number of H-pyrrole nitrogens is 1. The Balaban J connectivity index is 1.47. The predicted molar refractivity (Wildman–Crippen MR) is 156 cm³/mol. The highest BCUT2D eigenvalue weighted by atomic mass is 16.2. The van der Waals surface area contributed by atoms with Crippen molar-refractivity contribution in [3.8, 4) is 17.5 Å². The normalized spacial score (nSPS) is 11.6. The van der Waals surface area contributed by atoms with Gasteiger partial charge in [0.25, 0.3) is 11.5 Å². The van der Waals surface area contributed by atoms with Crippen LogP contribution in [0.4, 0.5) is 5.82 Å². The third kappa shape index (κ3) is 4.72. The number of nitrogens with one attached hydrogen (secondary N) is 2. The number of fused-ring (bicyclic) bond motifs is 2. The van der Waals surface area contributed by atoms with Crippen LogP contribution in [0.5, 0.6) is 0 Å². The summed E-state index contributed by atoms with van der Waals surface area (Å²) in [6.07, 6.45) is 4.75. The summed E-state index contributed by atoms with van der Waals surface area (Å²) in [5.74, 6) is 5.69. The van der Waals surface area contributed by atoms with Crippen LogP contribution in [-0.4, -0.2) is 30.1 Å². The Hall–Kier alpha value is -5.95. The van der Waals surface area contributed by atoms with E-state index in [1.165, 1.54) is 16.8 Å². The lowest BCUT2D eigenvalue weighted by Gasteiger charge is -2.21. The fourth-order valence-corrected chi connectivity index (χ4v) is 4.74. The van der Waals surface area contributed by atoms with Gasteiger partial charge in [0, 0.05) is 47.2 Å². The zero-order valence-corrected chi connectivity index (χ0v) is 21.8. The van der Waals surface area contributed by atoms with Crippen LogP contribution in [0.15, 0.2) is 101 Å². The monoisotopic (exact) mass is 541 g/mol. The number of amides is 1. The molecule has 0 radical (unpaired) electrons. The number of rotatable bonds is 4. The molecule has 0 unspecified atom stereocenters. The number of nitrogen functional groups attached to an aromatic ring is 1. The maximum Gasteiger partial charge on any atom is 0.264 e. The molecule has 41 heavy (non-hydrogen) atoms. The van der Waals surface area contributed by atoms with Crippen molar-refractivity contribution in [2.45, 2.75) is 13.0 Å². The molecule has 4 aromatic heterocycles. The van der Waals surface area contributed by atoms with Crippen molar-refractivity contribution >= 4 is 28.1 Å². The number of carbonyl (C=O) groups is 1. The maximum atomic E-state index is 14.2. The SMILES string of the molecule is C[C@@H](NC(=O)c1c(N)nn2cccnc12)c1cc2cccc(C#Cc3ccc(=O)[nH]c3)c2c(=O)n1-c1ccccc1. The number of hydrogen-bond donors (Lipinski definition) is 3. The van der Waals surface area contributed by atoms with Gasteiger partial charge >= 0.3 is 0 Å². The number of carbonyl (C=O) groups excluding carboxylic acids is 1. The molecule has 0 fully saturated rings. The summed E-state index contributed by atoms with van der Waals surface area (Å²) >= 11 is 0. The molecule has 10 heteroatoms. The van der Waals surface area contributed by atoms with E-state index < -0.39 is 11.9 Å². The van der Waals surface area contributed by atoms with E-state index in [2.05, 4.69) is 32.2 Å². The molecule has 0 aliphatic rings. The first-order chi connectivity index (χ1) is 19.9. The number of aromatic amines is 1. The molecule has 0 aliphatic heterocycles. The Morgan fingerprint density at radius 1 is 1.02 bits per heavy atom. The average Bonchev–Trinajstić information content (AvgIpc) is 3.32. The summed E-state index contributed by atoms with van der Waals surface area (Å²) in [4.78, 5) is 45.8. The number of aromatic nitrogens is 5. The van der Waals surface area contributed by atoms with E-state index in [4.69, 9.17) is 5.73 Å². The Labute approximate surface area is 233 Å². The quantitative estimate of drug-likeness (QED) is 0.293. The lowest BCUT2D eigenvalue weighted by Crippen LogP contribution is -2.32. The van der Waals surface area contributed by atoms with Gasteiger partial charge in [0.2, 0.25) is 5.56 Å². The summed E-state index contributed by atoms with van der Waals surface area (Å²) in [7, 11) is 0. The van der Waals surface area contributed by atoms with Gasteiger partial charge in [-0.2, -0.15) is 0 Å². The number of nitrogens with two attached hydrogens (primary N) is 1. The lowest BCUT2D eigenvalue weighted by atomic mass is 10.0. The molecular formula is C31H23N7O3.